The van der Waals surface area contributed by atoms with Crippen LogP contribution < -0.4 is 21.3 Å². The van der Waals surface area contributed by atoms with Crippen LogP contribution >= 0.6 is 0 Å². The van der Waals surface area contributed by atoms with Crippen molar-refractivity contribution >= 4 is 35.4 Å². The number of nitrogens with zero attached hydrogens (tertiary/aromatic N) is 2. The molecule has 5 aromatic carbocycles. The van der Waals surface area contributed by atoms with Crippen molar-refractivity contribution in [3.05, 3.63) is 178 Å². The zero-order valence-electron chi connectivity index (χ0n) is 37.5. The van der Waals surface area contributed by atoms with Crippen LogP contribution in [0, 0.1) is 35.3 Å². The molecule has 4 aliphatic rings. The van der Waals surface area contributed by atoms with E-state index in [1.165, 1.54) is 58.3 Å². The molecule has 0 spiro atoms. The summed E-state index contributed by atoms with van der Waals surface area (Å²) in [5.74, 6) is -5.71. The van der Waals surface area contributed by atoms with Gasteiger partial charge in [-0.25, -0.2) is 8.78 Å². The molecule has 9 rings (SSSR count). The van der Waals surface area contributed by atoms with Gasteiger partial charge in [0.25, 0.3) is 11.8 Å². The minimum atomic E-state index is -0.863. The molecule has 14 heteroatoms. The van der Waals surface area contributed by atoms with Gasteiger partial charge < -0.3 is 31.1 Å². The third kappa shape index (κ3) is 10.8. The highest BCUT2D eigenvalue weighted by atomic mass is 19.1. The Bertz CT molecular complexity index is 2490. The number of benzene rings is 5. The Morgan fingerprint density at radius 1 is 0.441 bits per heavy atom. The Morgan fingerprint density at radius 2 is 0.779 bits per heavy atom. The molecule has 4 N–H and O–H groups in total. The first-order valence-electron chi connectivity index (χ1n) is 23.4. The maximum atomic E-state index is 14.1. The van der Waals surface area contributed by atoms with E-state index in [4.69, 9.17) is 0 Å². The van der Waals surface area contributed by atoms with Crippen LogP contribution in [-0.2, 0) is 32.0 Å². The van der Waals surface area contributed by atoms with Gasteiger partial charge >= 0.3 is 0 Å². The van der Waals surface area contributed by atoms with E-state index in [9.17, 15) is 37.5 Å². The van der Waals surface area contributed by atoms with Crippen molar-refractivity contribution in [1.82, 2.24) is 31.1 Å². The maximum absolute atomic E-state index is 14.1. The third-order valence-electron chi connectivity index (χ3n) is 13.9. The second-order valence-corrected chi connectivity index (χ2v) is 18.5. The van der Waals surface area contributed by atoms with E-state index in [1.807, 2.05) is 60.7 Å². The molecular weight excluding hydrogens is 867 g/mol. The van der Waals surface area contributed by atoms with Crippen LogP contribution in [0.5, 0.6) is 0 Å². The van der Waals surface area contributed by atoms with Gasteiger partial charge in [0, 0.05) is 74.3 Å². The number of carbonyl (C=O) groups excluding carboxylic acids is 6. The number of halogens is 2. The van der Waals surface area contributed by atoms with Crippen molar-refractivity contribution in [3.8, 4) is 0 Å². The lowest BCUT2D eigenvalue weighted by atomic mass is 9.94. The van der Waals surface area contributed by atoms with E-state index in [-0.39, 0.29) is 104 Å². The fraction of sp³-hybridized carbons (Fsp3) is 0.333. The van der Waals surface area contributed by atoms with Gasteiger partial charge in [0.05, 0.1) is 23.7 Å². The third-order valence-corrected chi connectivity index (χ3v) is 13.9. The van der Waals surface area contributed by atoms with Gasteiger partial charge in [-0.2, -0.15) is 0 Å². The number of likely N-dealkylation sites (tertiary alicyclic amines) is 2. The standard InChI is InChI=1S/C54H54F2N6O6/c55-39-19-11-33(12-20-39)23-25-57-49(63)43-29-61(30-44(43)50(64)58-26-24-34-13-21-40(56)22-14-34)53(67)37-15-17-38(18-16-37)54(68)62-31-45(51(65)59-47-27-41(47)35-7-3-1-4-8-35)46(32-62)52(66)60-48-28-42(48)36-9-5-2-6-10-36/h1-22,41-48H,23-32H2,(H,57,63)(H,58,64)(H,59,65)(H,60,66)/t41-,42-,43+,44+,45?,46?,47?,48?/m1/s1. The molecular formula is C54H54F2N6O6. The molecule has 0 bridgehead atoms. The number of hydrogen-bond donors (Lipinski definition) is 4. The number of amides is 6. The molecule has 4 fully saturated rings. The van der Waals surface area contributed by atoms with Crippen molar-refractivity contribution in [2.24, 2.45) is 23.7 Å². The lowest BCUT2D eigenvalue weighted by Gasteiger charge is -2.18. The minimum absolute atomic E-state index is 0.0292. The molecule has 2 heterocycles. The van der Waals surface area contributed by atoms with Crippen LogP contribution in [0.1, 0.15) is 67.6 Å². The van der Waals surface area contributed by atoms with Gasteiger partial charge in [0.1, 0.15) is 11.6 Å². The summed E-state index contributed by atoms with van der Waals surface area (Å²) in [5.41, 5.74) is 4.46. The first-order chi connectivity index (χ1) is 33.0. The first kappa shape index (κ1) is 45.9. The zero-order valence-corrected chi connectivity index (χ0v) is 37.5. The van der Waals surface area contributed by atoms with E-state index in [0.29, 0.717) is 12.8 Å². The van der Waals surface area contributed by atoms with E-state index >= 15 is 0 Å². The normalized spacial score (nSPS) is 23.6. The van der Waals surface area contributed by atoms with E-state index < -0.39 is 41.4 Å². The molecule has 5 aromatic rings. The van der Waals surface area contributed by atoms with E-state index in [1.54, 1.807) is 24.3 Å². The smallest absolute Gasteiger partial charge is 0.253 e. The predicted octanol–water partition coefficient (Wildman–Crippen LogP) is 5.40. The number of rotatable bonds is 16. The average Bonchev–Trinajstić information content (AvgIpc) is 4.20. The Balaban J connectivity index is 0.849. The van der Waals surface area contributed by atoms with Gasteiger partial charge in [-0.05, 0) is 96.5 Å². The fourth-order valence-electron chi connectivity index (χ4n) is 9.77. The quantitative estimate of drug-likeness (QED) is 0.104. The van der Waals surface area contributed by atoms with E-state index in [2.05, 4.69) is 21.3 Å². The Hall–Kier alpha value is -7.22. The number of nitrogens with one attached hydrogen (secondary N) is 4. The van der Waals surface area contributed by atoms with Crippen LogP contribution in [0.4, 0.5) is 8.78 Å². The molecule has 2 saturated heterocycles. The molecule has 68 heavy (non-hydrogen) atoms. The highest BCUT2D eigenvalue weighted by molar-refractivity contribution is 6.00. The highest BCUT2D eigenvalue weighted by Crippen LogP contribution is 2.43. The largest absolute Gasteiger partial charge is 0.355 e. The van der Waals surface area contributed by atoms with Crippen LogP contribution in [0.2, 0.25) is 0 Å². The lowest BCUT2D eigenvalue weighted by molar-refractivity contribution is -0.133. The van der Waals surface area contributed by atoms with Crippen molar-refractivity contribution in [2.75, 3.05) is 39.3 Å². The Kier molecular flexibility index (Phi) is 13.7. The molecule has 0 aromatic heterocycles. The summed E-state index contributed by atoms with van der Waals surface area (Å²) in [6.07, 6.45) is 2.46. The van der Waals surface area contributed by atoms with E-state index in [0.717, 1.165) is 35.1 Å². The summed E-state index contributed by atoms with van der Waals surface area (Å²) >= 11 is 0. The Labute approximate surface area is 393 Å². The topological polar surface area (TPSA) is 157 Å². The summed E-state index contributed by atoms with van der Waals surface area (Å²) in [4.78, 5) is 86.4. The van der Waals surface area contributed by atoms with Gasteiger partial charge in [-0.15, -0.1) is 0 Å². The molecule has 350 valence electrons. The van der Waals surface area contributed by atoms with Crippen molar-refractivity contribution < 1.29 is 37.5 Å². The number of carbonyl (C=O) groups is 6. The molecule has 12 nitrogen and oxygen atoms in total. The average molecular weight is 921 g/mol. The monoisotopic (exact) mass is 920 g/mol. The molecule has 2 aliphatic carbocycles. The fourth-order valence-corrected chi connectivity index (χ4v) is 9.77. The summed E-state index contributed by atoms with van der Waals surface area (Å²) in [5, 5.41) is 12.1. The summed E-state index contributed by atoms with van der Waals surface area (Å²) in [7, 11) is 0. The molecule has 8 atom stereocenters. The molecule has 2 saturated carbocycles. The first-order valence-corrected chi connectivity index (χ1v) is 23.4. The summed E-state index contributed by atoms with van der Waals surface area (Å²) in [6, 6.07) is 37.9. The molecule has 2 aliphatic heterocycles. The van der Waals surface area contributed by atoms with Gasteiger partial charge in [-0.3, -0.25) is 28.8 Å². The number of hydrogen-bond acceptors (Lipinski definition) is 6. The maximum Gasteiger partial charge on any atom is 0.253 e. The van der Waals surface area contributed by atoms with Crippen molar-refractivity contribution in [2.45, 2.75) is 49.6 Å². The minimum Gasteiger partial charge on any atom is -0.355 e. The summed E-state index contributed by atoms with van der Waals surface area (Å²) in [6.45, 7) is 0.515. The Morgan fingerprint density at radius 3 is 1.13 bits per heavy atom. The second kappa shape index (κ2) is 20.3. The summed E-state index contributed by atoms with van der Waals surface area (Å²) < 4.78 is 26.9. The van der Waals surface area contributed by atoms with Crippen LogP contribution in [0.15, 0.2) is 133 Å². The van der Waals surface area contributed by atoms with Crippen LogP contribution in [-0.4, -0.2) is 96.6 Å². The van der Waals surface area contributed by atoms with Crippen LogP contribution in [0.25, 0.3) is 0 Å². The zero-order chi connectivity index (χ0) is 47.3. The second-order valence-electron chi connectivity index (χ2n) is 18.5. The van der Waals surface area contributed by atoms with Crippen molar-refractivity contribution in [3.63, 3.8) is 0 Å². The van der Waals surface area contributed by atoms with Gasteiger partial charge in [0.2, 0.25) is 23.6 Å². The lowest BCUT2D eigenvalue weighted by Crippen LogP contribution is -2.43. The van der Waals surface area contributed by atoms with Gasteiger partial charge in [-0.1, -0.05) is 84.9 Å². The van der Waals surface area contributed by atoms with Gasteiger partial charge in [0.15, 0.2) is 0 Å². The molecule has 4 unspecified atom stereocenters. The highest BCUT2D eigenvalue weighted by Gasteiger charge is 2.49. The SMILES string of the molecule is O=C(NC1C[C@@H]1c1ccccc1)C1CN(C(=O)c2ccc(C(=O)N3C[C@H](C(=O)NCCc4ccc(F)cc4)[C@@H](C(=O)NCCc4ccc(F)cc4)C3)cc2)CC1C(=O)NC1C[C@@H]1c1ccccc1. The molecule has 6 amide bonds. The predicted molar refractivity (Wildman–Crippen MR) is 250 cm³/mol. The molecule has 0 radical (unpaired) electrons. The van der Waals surface area contributed by atoms with Crippen LogP contribution in [0.3, 0.4) is 0 Å². The van der Waals surface area contributed by atoms with Crippen molar-refractivity contribution in [1.29, 1.82) is 0 Å².